The lowest BCUT2D eigenvalue weighted by Crippen LogP contribution is -2.23. The molecule has 1 atom stereocenters. The van der Waals surface area contributed by atoms with Crippen LogP contribution in [0.15, 0.2) is 40.9 Å². The van der Waals surface area contributed by atoms with Gasteiger partial charge in [-0.3, -0.25) is 0 Å². The number of hydrogen-bond acceptors (Lipinski definition) is 2. The molecule has 4 heteroatoms. The monoisotopic (exact) mass is 351 g/mol. The lowest BCUT2D eigenvalue weighted by molar-refractivity contribution is 0.246. The fourth-order valence-corrected chi connectivity index (χ4v) is 3.28. The molecule has 1 unspecified atom stereocenters. The second-order valence-corrected chi connectivity index (χ2v) is 6.45. The number of anilines is 1. The van der Waals surface area contributed by atoms with Crippen LogP contribution in [0, 0.1) is 6.92 Å². The van der Waals surface area contributed by atoms with E-state index in [1.165, 1.54) is 11.1 Å². The molecule has 0 spiro atoms. The van der Waals surface area contributed by atoms with E-state index in [9.17, 15) is 0 Å². The Morgan fingerprint density at radius 2 is 2.15 bits per heavy atom. The Bertz CT molecular complexity index is 624. The minimum absolute atomic E-state index is 0.155. The van der Waals surface area contributed by atoms with Crippen LogP contribution in [0.5, 0.6) is 5.75 Å². The number of nitrogens with one attached hydrogen (secondary N) is 1. The van der Waals surface area contributed by atoms with E-state index >= 15 is 0 Å². The third-order valence-electron chi connectivity index (χ3n) is 3.34. The first-order valence-corrected chi connectivity index (χ1v) is 7.73. The van der Waals surface area contributed by atoms with E-state index in [2.05, 4.69) is 46.4 Å². The lowest BCUT2D eigenvalue weighted by atomic mass is 10.1. The standard InChI is InChI=1S/C16H15BrClNO/c1-10-4-12(17)8-14(5-10)19-9-15-7-11-6-13(18)2-3-16(11)20-15/h2-6,8,15,19H,7,9H2,1H3. The van der Waals surface area contributed by atoms with Gasteiger partial charge in [-0.1, -0.05) is 27.5 Å². The minimum atomic E-state index is 0.155. The predicted octanol–water partition coefficient (Wildman–Crippen LogP) is 4.83. The zero-order valence-corrected chi connectivity index (χ0v) is 13.5. The number of fused-ring (bicyclic) bond motifs is 1. The van der Waals surface area contributed by atoms with E-state index in [-0.39, 0.29) is 6.10 Å². The summed E-state index contributed by atoms with van der Waals surface area (Å²) < 4.78 is 7.00. The fraction of sp³-hybridized carbons (Fsp3) is 0.250. The summed E-state index contributed by atoms with van der Waals surface area (Å²) in [7, 11) is 0. The van der Waals surface area contributed by atoms with Crippen molar-refractivity contribution in [3.05, 3.63) is 57.0 Å². The average molecular weight is 353 g/mol. The van der Waals surface area contributed by atoms with Gasteiger partial charge >= 0.3 is 0 Å². The Morgan fingerprint density at radius 3 is 2.95 bits per heavy atom. The smallest absolute Gasteiger partial charge is 0.123 e. The van der Waals surface area contributed by atoms with Gasteiger partial charge < -0.3 is 10.1 Å². The summed E-state index contributed by atoms with van der Waals surface area (Å²) in [6.45, 7) is 2.86. The zero-order valence-electron chi connectivity index (χ0n) is 11.1. The van der Waals surface area contributed by atoms with Gasteiger partial charge in [0.05, 0.1) is 6.54 Å². The molecular weight excluding hydrogens is 338 g/mol. The molecule has 3 rings (SSSR count). The van der Waals surface area contributed by atoms with E-state index in [1.807, 2.05) is 18.2 Å². The number of halogens is 2. The second kappa shape index (κ2) is 5.66. The Labute approximate surface area is 132 Å². The molecule has 1 aliphatic heterocycles. The average Bonchev–Trinajstić information content (AvgIpc) is 2.77. The summed E-state index contributed by atoms with van der Waals surface area (Å²) in [5.74, 6) is 0.951. The first-order valence-electron chi connectivity index (χ1n) is 6.56. The maximum Gasteiger partial charge on any atom is 0.123 e. The first kappa shape index (κ1) is 13.8. The predicted molar refractivity (Wildman–Crippen MR) is 86.9 cm³/mol. The Hall–Kier alpha value is -1.19. The number of ether oxygens (including phenoxy) is 1. The molecule has 0 bridgehead atoms. The van der Waals surface area contributed by atoms with Crippen LogP contribution in [0.1, 0.15) is 11.1 Å². The Morgan fingerprint density at radius 1 is 1.30 bits per heavy atom. The van der Waals surface area contributed by atoms with Crippen molar-refractivity contribution in [1.29, 1.82) is 0 Å². The van der Waals surface area contributed by atoms with Crippen LogP contribution in [0.4, 0.5) is 5.69 Å². The van der Waals surface area contributed by atoms with Crippen LogP contribution < -0.4 is 10.1 Å². The number of hydrogen-bond donors (Lipinski definition) is 1. The van der Waals surface area contributed by atoms with E-state index < -0.39 is 0 Å². The van der Waals surface area contributed by atoms with Crippen LogP contribution >= 0.6 is 27.5 Å². The first-order chi connectivity index (χ1) is 9.60. The molecule has 20 heavy (non-hydrogen) atoms. The molecule has 0 saturated heterocycles. The molecule has 0 aromatic heterocycles. The van der Waals surface area contributed by atoms with Gasteiger partial charge in [0.15, 0.2) is 0 Å². The van der Waals surface area contributed by atoms with Crippen molar-refractivity contribution in [1.82, 2.24) is 0 Å². The van der Waals surface area contributed by atoms with Crippen LogP contribution in [0.3, 0.4) is 0 Å². The third-order valence-corrected chi connectivity index (χ3v) is 4.03. The molecule has 2 aromatic rings. The molecule has 1 heterocycles. The summed E-state index contributed by atoms with van der Waals surface area (Å²) in [6.07, 6.45) is 1.05. The highest BCUT2D eigenvalue weighted by Gasteiger charge is 2.22. The second-order valence-electron chi connectivity index (χ2n) is 5.09. The van der Waals surface area contributed by atoms with Gasteiger partial charge in [-0.15, -0.1) is 0 Å². The van der Waals surface area contributed by atoms with Gasteiger partial charge in [0.2, 0.25) is 0 Å². The fourth-order valence-electron chi connectivity index (χ4n) is 2.47. The van der Waals surface area contributed by atoms with E-state index in [1.54, 1.807) is 0 Å². The molecule has 0 radical (unpaired) electrons. The molecule has 1 aliphatic rings. The maximum absolute atomic E-state index is 6.00. The lowest BCUT2D eigenvalue weighted by Gasteiger charge is -2.13. The van der Waals surface area contributed by atoms with Crippen molar-refractivity contribution in [2.45, 2.75) is 19.4 Å². The molecule has 1 N–H and O–H groups in total. The van der Waals surface area contributed by atoms with Crippen LogP contribution in [0.2, 0.25) is 5.02 Å². The molecule has 2 aromatic carbocycles. The molecular formula is C16H15BrClNO. The van der Waals surface area contributed by atoms with Crippen molar-refractivity contribution in [2.24, 2.45) is 0 Å². The van der Waals surface area contributed by atoms with E-state index in [0.717, 1.165) is 33.9 Å². The number of rotatable bonds is 3. The van der Waals surface area contributed by atoms with Gasteiger partial charge in [0.25, 0.3) is 0 Å². The minimum Gasteiger partial charge on any atom is -0.488 e. The van der Waals surface area contributed by atoms with Crippen LogP contribution in [-0.4, -0.2) is 12.6 Å². The quantitative estimate of drug-likeness (QED) is 0.854. The molecule has 0 aliphatic carbocycles. The highest BCUT2D eigenvalue weighted by atomic mass is 79.9. The van der Waals surface area contributed by atoms with Gasteiger partial charge in [-0.25, -0.2) is 0 Å². The molecule has 0 saturated carbocycles. The molecule has 0 amide bonds. The topological polar surface area (TPSA) is 21.3 Å². The SMILES string of the molecule is Cc1cc(Br)cc(NCC2Cc3cc(Cl)ccc3O2)c1. The Kier molecular flexibility index (Phi) is 3.90. The largest absolute Gasteiger partial charge is 0.488 e. The van der Waals surface area contributed by atoms with Crippen LogP contribution in [-0.2, 0) is 6.42 Å². The van der Waals surface area contributed by atoms with Gasteiger partial charge in [-0.05, 0) is 54.4 Å². The number of aryl methyl sites for hydroxylation is 1. The summed E-state index contributed by atoms with van der Waals surface area (Å²) in [6, 6.07) is 12.1. The van der Waals surface area contributed by atoms with Crippen molar-refractivity contribution < 1.29 is 4.74 Å². The third kappa shape index (κ3) is 3.10. The van der Waals surface area contributed by atoms with Crippen LogP contribution in [0.25, 0.3) is 0 Å². The molecule has 2 nitrogen and oxygen atoms in total. The van der Waals surface area contributed by atoms with E-state index in [0.29, 0.717) is 0 Å². The highest BCUT2D eigenvalue weighted by Crippen LogP contribution is 2.31. The number of benzene rings is 2. The van der Waals surface area contributed by atoms with Crippen molar-refractivity contribution >= 4 is 33.2 Å². The maximum atomic E-state index is 6.00. The normalized spacial score (nSPS) is 16.6. The molecule has 0 fully saturated rings. The van der Waals surface area contributed by atoms with Gasteiger partial charge in [-0.2, -0.15) is 0 Å². The highest BCUT2D eigenvalue weighted by molar-refractivity contribution is 9.10. The van der Waals surface area contributed by atoms with Crippen molar-refractivity contribution in [3.8, 4) is 5.75 Å². The summed E-state index contributed by atoms with van der Waals surface area (Å²) >= 11 is 9.51. The molecule has 104 valence electrons. The summed E-state index contributed by atoms with van der Waals surface area (Å²) in [5.41, 5.74) is 3.52. The summed E-state index contributed by atoms with van der Waals surface area (Å²) in [4.78, 5) is 0. The van der Waals surface area contributed by atoms with Gasteiger partial charge in [0.1, 0.15) is 11.9 Å². The Balaban J connectivity index is 1.63. The van der Waals surface area contributed by atoms with Crippen molar-refractivity contribution in [2.75, 3.05) is 11.9 Å². The van der Waals surface area contributed by atoms with E-state index in [4.69, 9.17) is 16.3 Å². The summed E-state index contributed by atoms with van der Waals surface area (Å²) in [5, 5.41) is 4.20. The van der Waals surface area contributed by atoms with Gasteiger partial charge in [0, 0.05) is 21.6 Å². The zero-order chi connectivity index (χ0) is 14.1. The van der Waals surface area contributed by atoms with Crippen molar-refractivity contribution in [3.63, 3.8) is 0 Å².